The highest BCUT2D eigenvalue weighted by Crippen LogP contribution is 2.10. The number of amidine groups is 1. The number of halogens is 2. The van der Waals surface area contributed by atoms with E-state index in [1.165, 1.54) is 0 Å². The molecule has 5 N–H and O–H groups in total. The standard InChI is InChI=1S/C14H15F2N3O3.CH4/c1-2-10(17)12(13(18)19)14(21)22-6-11(20)7-3-8(15)5-9(16)4-7;/h3-5H,2,6,17H2,1H3,(H3,18,19);1H4. The number of allylic oxidation sites excluding steroid dienone is 1. The van der Waals surface area contributed by atoms with E-state index in [2.05, 4.69) is 0 Å². The van der Waals surface area contributed by atoms with Gasteiger partial charge in [0.1, 0.15) is 23.0 Å². The molecule has 1 rings (SSSR count). The lowest BCUT2D eigenvalue weighted by Gasteiger charge is -2.09. The minimum Gasteiger partial charge on any atom is -0.454 e. The highest BCUT2D eigenvalue weighted by Gasteiger charge is 2.20. The number of hydrogen-bond donors (Lipinski definition) is 3. The van der Waals surface area contributed by atoms with Crippen molar-refractivity contribution in [2.24, 2.45) is 11.5 Å². The van der Waals surface area contributed by atoms with Crippen LogP contribution in [0.25, 0.3) is 0 Å². The maximum atomic E-state index is 13.0. The molecule has 0 spiro atoms. The van der Waals surface area contributed by atoms with Crippen LogP contribution in [-0.2, 0) is 9.53 Å². The highest BCUT2D eigenvalue weighted by atomic mass is 19.1. The first-order chi connectivity index (χ1) is 10.3. The summed E-state index contributed by atoms with van der Waals surface area (Å²) in [6.07, 6.45) is 0.257. The smallest absolute Gasteiger partial charge is 0.344 e. The van der Waals surface area contributed by atoms with Crippen molar-refractivity contribution in [2.45, 2.75) is 20.8 Å². The van der Waals surface area contributed by atoms with Gasteiger partial charge in [0, 0.05) is 17.3 Å². The van der Waals surface area contributed by atoms with E-state index in [1.54, 1.807) is 6.92 Å². The van der Waals surface area contributed by atoms with Crippen molar-refractivity contribution in [1.29, 1.82) is 5.41 Å². The Labute approximate surface area is 132 Å². The summed E-state index contributed by atoms with van der Waals surface area (Å²) in [6, 6.07) is 2.25. The third-order valence-corrected chi connectivity index (χ3v) is 2.69. The lowest BCUT2D eigenvalue weighted by Crippen LogP contribution is -2.27. The van der Waals surface area contributed by atoms with Crippen LogP contribution in [0.15, 0.2) is 29.5 Å². The molecular formula is C15H19F2N3O3. The van der Waals surface area contributed by atoms with Crippen LogP contribution in [0, 0.1) is 17.0 Å². The van der Waals surface area contributed by atoms with Crippen LogP contribution < -0.4 is 11.5 Å². The Bertz CT molecular complexity index is 637. The van der Waals surface area contributed by atoms with E-state index < -0.39 is 35.8 Å². The lowest BCUT2D eigenvalue weighted by atomic mass is 10.1. The van der Waals surface area contributed by atoms with Crippen LogP contribution in [0.5, 0.6) is 0 Å². The molecule has 6 nitrogen and oxygen atoms in total. The van der Waals surface area contributed by atoms with Crippen LogP contribution in [0.2, 0.25) is 0 Å². The van der Waals surface area contributed by atoms with Crippen molar-refractivity contribution in [3.63, 3.8) is 0 Å². The molecule has 0 aromatic heterocycles. The number of ketones is 1. The number of carbonyl (C=O) groups excluding carboxylic acids is 2. The molecule has 1 aromatic rings. The number of hydrogen-bond acceptors (Lipinski definition) is 5. The number of rotatable bonds is 6. The second-order valence-corrected chi connectivity index (χ2v) is 4.32. The quantitative estimate of drug-likeness (QED) is 0.242. The van der Waals surface area contributed by atoms with Crippen molar-refractivity contribution >= 4 is 17.6 Å². The van der Waals surface area contributed by atoms with E-state index in [4.69, 9.17) is 21.6 Å². The molecule has 0 atom stereocenters. The number of benzene rings is 1. The molecule has 23 heavy (non-hydrogen) atoms. The summed E-state index contributed by atoms with van der Waals surface area (Å²) in [5, 5.41) is 7.28. The summed E-state index contributed by atoms with van der Waals surface area (Å²) in [5.41, 5.74) is 10.2. The number of ether oxygens (including phenoxy) is 1. The third kappa shape index (κ3) is 5.50. The number of nitrogens with one attached hydrogen (secondary N) is 1. The minimum absolute atomic E-state index is 0. The topological polar surface area (TPSA) is 119 Å². The number of esters is 1. The second-order valence-electron chi connectivity index (χ2n) is 4.32. The fraction of sp³-hybridized carbons (Fsp3) is 0.267. The van der Waals surface area contributed by atoms with Gasteiger partial charge in [-0.15, -0.1) is 0 Å². The van der Waals surface area contributed by atoms with Gasteiger partial charge >= 0.3 is 5.97 Å². The Hall–Kier alpha value is -2.77. The summed E-state index contributed by atoms with van der Waals surface area (Å²) in [7, 11) is 0. The van der Waals surface area contributed by atoms with Gasteiger partial charge in [-0.3, -0.25) is 10.2 Å². The molecule has 0 bridgehead atoms. The average molecular weight is 327 g/mol. The van der Waals surface area contributed by atoms with Gasteiger partial charge in [-0.1, -0.05) is 14.4 Å². The first-order valence-electron chi connectivity index (χ1n) is 6.25. The SMILES string of the molecule is C.CCC(N)=C(C(=N)N)C(=O)OCC(=O)c1cc(F)cc(F)c1. The van der Waals surface area contributed by atoms with Gasteiger partial charge in [-0.05, 0) is 18.6 Å². The molecule has 0 aliphatic carbocycles. The Morgan fingerprint density at radius 1 is 1.17 bits per heavy atom. The van der Waals surface area contributed by atoms with Crippen LogP contribution in [0.1, 0.15) is 31.1 Å². The zero-order chi connectivity index (χ0) is 16.9. The lowest BCUT2D eigenvalue weighted by molar-refractivity contribution is -0.137. The summed E-state index contributed by atoms with van der Waals surface area (Å²) in [5.74, 6) is -4.28. The molecule has 0 aliphatic rings. The van der Waals surface area contributed by atoms with Gasteiger partial charge in [-0.25, -0.2) is 13.6 Å². The van der Waals surface area contributed by atoms with Gasteiger partial charge in [0.05, 0.1) is 0 Å². The van der Waals surface area contributed by atoms with Gasteiger partial charge in [-0.2, -0.15) is 0 Å². The molecule has 0 radical (unpaired) electrons. The van der Waals surface area contributed by atoms with Crippen LogP contribution in [0.4, 0.5) is 8.78 Å². The van der Waals surface area contributed by atoms with E-state index in [0.717, 1.165) is 12.1 Å². The number of Topliss-reactive ketones (excluding diaryl/α,β-unsaturated/α-hetero) is 1. The maximum absolute atomic E-state index is 13.0. The van der Waals surface area contributed by atoms with Crippen LogP contribution in [-0.4, -0.2) is 24.2 Å². The van der Waals surface area contributed by atoms with E-state index >= 15 is 0 Å². The van der Waals surface area contributed by atoms with Gasteiger partial charge in [0.2, 0.25) is 5.78 Å². The summed E-state index contributed by atoms with van der Waals surface area (Å²) in [4.78, 5) is 23.5. The molecular weight excluding hydrogens is 308 g/mol. The van der Waals surface area contributed by atoms with Crippen molar-refractivity contribution in [3.05, 3.63) is 46.7 Å². The van der Waals surface area contributed by atoms with Gasteiger partial charge < -0.3 is 16.2 Å². The van der Waals surface area contributed by atoms with Gasteiger partial charge in [0.15, 0.2) is 6.61 Å². The Morgan fingerprint density at radius 3 is 2.13 bits per heavy atom. The molecule has 1 aromatic carbocycles. The van der Waals surface area contributed by atoms with E-state index in [-0.39, 0.29) is 30.7 Å². The summed E-state index contributed by atoms with van der Waals surface area (Å²) >= 11 is 0. The predicted octanol–water partition coefficient (Wildman–Crippen LogP) is 1.89. The van der Waals surface area contributed by atoms with Crippen molar-refractivity contribution in [3.8, 4) is 0 Å². The Morgan fingerprint density at radius 2 is 1.70 bits per heavy atom. The molecule has 0 aliphatic heterocycles. The molecule has 0 saturated heterocycles. The third-order valence-electron chi connectivity index (χ3n) is 2.69. The Balaban J connectivity index is 0.00000484. The highest BCUT2D eigenvalue weighted by molar-refractivity contribution is 6.17. The van der Waals surface area contributed by atoms with Crippen molar-refractivity contribution in [2.75, 3.05) is 6.61 Å². The molecule has 8 heteroatoms. The average Bonchev–Trinajstić information content (AvgIpc) is 2.43. The first-order valence-corrected chi connectivity index (χ1v) is 6.25. The normalized spacial score (nSPS) is 11.1. The molecule has 0 heterocycles. The predicted molar refractivity (Wildman–Crippen MR) is 81.8 cm³/mol. The van der Waals surface area contributed by atoms with Crippen molar-refractivity contribution in [1.82, 2.24) is 0 Å². The zero-order valence-corrected chi connectivity index (χ0v) is 11.8. The van der Waals surface area contributed by atoms with Crippen LogP contribution >= 0.6 is 0 Å². The van der Waals surface area contributed by atoms with Crippen molar-refractivity contribution < 1.29 is 23.1 Å². The molecule has 0 fully saturated rings. The first kappa shape index (κ1) is 20.2. The Kier molecular flexibility index (Phi) is 7.58. The monoisotopic (exact) mass is 327 g/mol. The zero-order valence-electron chi connectivity index (χ0n) is 11.8. The molecule has 126 valence electrons. The molecule has 0 unspecified atom stereocenters. The maximum Gasteiger partial charge on any atom is 0.344 e. The second kappa shape index (κ2) is 8.62. The largest absolute Gasteiger partial charge is 0.454 e. The molecule has 0 amide bonds. The van der Waals surface area contributed by atoms with E-state index in [1.807, 2.05) is 0 Å². The fourth-order valence-corrected chi connectivity index (χ4v) is 1.59. The summed E-state index contributed by atoms with van der Waals surface area (Å²) in [6.45, 7) is 0.891. The minimum atomic E-state index is -1.04. The molecule has 0 saturated carbocycles. The number of carbonyl (C=O) groups is 2. The number of nitrogens with two attached hydrogens (primary N) is 2. The van der Waals surface area contributed by atoms with Crippen LogP contribution in [0.3, 0.4) is 0 Å². The van der Waals surface area contributed by atoms with E-state index in [0.29, 0.717) is 6.07 Å². The van der Waals surface area contributed by atoms with Gasteiger partial charge in [0.25, 0.3) is 0 Å². The fourth-order valence-electron chi connectivity index (χ4n) is 1.59. The summed E-state index contributed by atoms with van der Waals surface area (Å²) < 4.78 is 30.7. The van der Waals surface area contributed by atoms with E-state index in [9.17, 15) is 18.4 Å².